The summed E-state index contributed by atoms with van der Waals surface area (Å²) in [6.45, 7) is 0.0673. The Morgan fingerprint density at radius 1 is 1.17 bits per heavy atom. The van der Waals surface area contributed by atoms with Crippen LogP contribution in [0.25, 0.3) is 0 Å². The highest BCUT2D eigenvalue weighted by atomic mass is 32.2. The number of carbonyl (C=O) groups excluding carboxylic acids is 1. The van der Waals surface area contributed by atoms with Crippen LogP contribution in [0.2, 0.25) is 0 Å². The molecule has 0 saturated carbocycles. The van der Waals surface area contributed by atoms with Gasteiger partial charge in [-0.3, -0.25) is 9.52 Å². The molecule has 0 spiro atoms. The maximum atomic E-state index is 14.3. The van der Waals surface area contributed by atoms with Crippen LogP contribution >= 0.6 is 0 Å². The maximum Gasteiger partial charge on any atom is 0.491 e. The number of anilines is 2. The van der Waals surface area contributed by atoms with Crippen molar-refractivity contribution in [2.75, 3.05) is 10.0 Å². The zero-order valence-corrected chi connectivity index (χ0v) is 16.2. The number of benzene rings is 2. The van der Waals surface area contributed by atoms with Gasteiger partial charge in [-0.2, -0.15) is 0 Å². The maximum absolute atomic E-state index is 14.3. The van der Waals surface area contributed by atoms with Crippen molar-refractivity contribution >= 4 is 40.0 Å². The Kier molecular flexibility index (Phi) is 5.25. The molecule has 0 aliphatic carbocycles. The van der Waals surface area contributed by atoms with E-state index in [4.69, 9.17) is 4.65 Å². The number of pyridine rings is 1. The lowest BCUT2D eigenvalue weighted by Crippen LogP contribution is -2.30. The van der Waals surface area contributed by atoms with Crippen molar-refractivity contribution in [3.8, 4) is 0 Å². The van der Waals surface area contributed by atoms with Crippen LogP contribution in [0.1, 0.15) is 15.9 Å². The largest absolute Gasteiger partial charge is 0.491 e. The van der Waals surface area contributed by atoms with Crippen LogP contribution in [0, 0.1) is 5.82 Å². The highest BCUT2D eigenvalue weighted by molar-refractivity contribution is 7.92. The number of amides is 1. The minimum absolute atomic E-state index is 0.0323. The first-order valence-electron chi connectivity index (χ1n) is 8.81. The Morgan fingerprint density at radius 3 is 2.63 bits per heavy atom. The van der Waals surface area contributed by atoms with Crippen LogP contribution < -0.4 is 15.5 Å². The van der Waals surface area contributed by atoms with Crippen LogP contribution in [0.4, 0.5) is 15.9 Å². The van der Waals surface area contributed by atoms with E-state index in [1.165, 1.54) is 42.6 Å². The number of halogens is 1. The molecule has 1 amide bonds. The van der Waals surface area contributed by atoms with Crippen molar-refractivity contribution in [3.63, 3.8) is 0 Å². The van der Waals surface area contributed by atoms with Gasteiger partial charge in [0.05, 0.1) is 17.1 Å². The summed E-state index contributed by atoms with van der Waals surface area (Å²) in [6.07, 6.45) is 1.46. The lowest BCUT2D eigenvalue weighted by atomic mass is 9.78. The van der Waals surface area contributed by atoms with Crippen LogP contribution in [0.15, 0.2) is 65.7 Å². The zero-order valence-electron chi connectivity index (χ0n) is 15.4. The third-order valence-electron chi connectivity index (χ3n) is 4.46. The summed E-state index contributed by atoms with van der Waals surface area (Å²) in [7, 11) is -5.06. The van der Waals surface area contributed by atoms with Crippen LogP contribution in [0.3, 0.4) is 0 Å². The highest BCUT2D eigenvalue weighted by Crippen LogP contribution is 2.19. The molecule has 4 rings (SSSR count). The van der Waals surface area contributed by atoms with E-state index in [0.717, 1.165) is 6.07 Å². The van der Waals surface area contributed by atoms with Gasteiger partial charge in [0.1, 0.15) is 11.6 Å². The summed E-state index contributed by atoms with van der Waals surface area (Å²) in [5.74, 6) is -1.31. The normalized spacial score (nSPS) is 13.1. The smallest absolute Gasteiger partial charge is 0.423 e. The summed E-state index contributed by atoms with van der Waals surface area (Å²) in [6, 6.07) is 12.6. The summed E-state index contributed by atoms with van der Waals surface area (Å²) < 4.78 is 46.4. The number of carbonyl (C=O) groups is 1. The Hall–Kier alpha value is -3.28. The first kappa shape index (κ1) is 20.0. The number of rotatable bonds is 5. The molecule has 0 saturated heterocycles. The monoisotopic (exact) mass is 427 g/mol. The van der Waals surface area contributed by atoms with Gasteiger partial charge >= 0.3 is 7.12 Å². The second-order valence-corrected chi connectivity index (χ2v) is 8.18. The minimum atomic E-state index is -3.86. The fourth-order valence-corrected chi connectivity index (χ4v) is 3.96. The lowest BCUT2D eigenvalue weighted by Gasteiger charge is -2.10. The van der Waals surface area contributed by atoms with Gasteiger partial charge in [-0.15, -0.1) is 0 Å². The fraction of sp³-hybridized carbons (Fsp3) is 0.0526. The van der Waals surface area contributed by atoms with E-state index in [0.29, 0.717) is 11.0 Å². The molecule has 1 aromatic heterocycles. The van der Waals surface area contributed by atoms with E-state index in [1.807, 2.05) is 0 Å². The summed E-state index contributed by atoms with van der Waals surface area (Å²) in [5.41, 5.74) is 0.829. The van der Waals surface area contributed by atoms with Crippen molar-refractivity contribution in [1.29, 1.82) is 0 Å². The van der Waals surface area contributed by atoms with Crippen LogP contribution in [-0.4, -0.2) is 31.5 Å². The summed E-state index contributed by atoms with van der Waals surface area (Å²) in [4.78, 5) is 16.3. The zero-order chi connectivity index (χ0) is 21.3. The van der Waals surface area contributed by atoms with Gasteiger partial charge in [0.15, 0.2) is 0 Å². The molecule has 1 aliphatic rings. The first-order valence-corrected chi connectivity index (χ1v) is 10.3. The fourth-order valence-electron chi connectivity index (χ4n) is 2.95. The predicted octanol–water partition coefficient (Wildman–Crippen LogP) is 1.49. The predicted molar refractivity (Wildman–Crippen MR) is 108 cm³/mol. The highest BCUT2D eigenvalue weighted by Gasteiger charge is 2.30. The van der Waals surface area contributed by atoms with E-state index in [2.05, 4.69) is 15.0 Å². The van der Waals surface area contributed by atoms with E-state index in [1.54, 1.807) is 12.1 Å². The molecule has 0 fully saturated rings. The average molecular weight is 427 g/mol. The number of nitrogens with one attached hydrogen (secondary N) is 2. The molecule has 8 nitrogen and oxygen atoms in total. The van der Waals surface area contributed by atoms with Crippen molar-refractivity contribution in [2.45, 2.75) is 11.5 Å². The van der Waals surface area contributed by atoms with Gasteiger partial charge in [-0.1, -0.05) is 6.07 Å². The van der Waals surface area contributed by atoms with Crippen molar-refractivity contribution < 1.29 is 27.3 Å². The van der Waals surface area contributed by atoms with E-state index in [-0.39, 0.29) is 28.6 Å². The number of sulfonamides is 1. The lowest BCUT2D eigenvalue weighted by molar-refractivity contribution is 0.102. The third kappa shape index (κ3) is 4.04. The van der Waals surface area contributed by atoms with E-state index < -0.39 is 28.9 Å². The van der Waals surface area contributed by atoms with Crippen molar-refractivity contribution in [1.82, 2.24) is 4.98 Å². The number of aromatic nitrogens is 1. The molecule has 2 aromatic carbocycles. The summed E-state index contributed by atoms with van der Waals surface area (Å²) >= 11 is 0. The van der Waals surface area contributed by atoms with Crippen molar-refractivity contribution in [2.24, 2.45) is 0 Å². The Bertz CT molecular complexity index is 1210. The Balaban J connectivity index is 1.50. The van der Waals surface area contributed by atoms with Gasteiger partial charge in [0.2, 0.25) is 0 Å². The molecule has 152 valence electrons. The minimum Gasteiger partial charge on any atom is -0.423 e. The Morgan fingerprint density at radius 2 is 1.93 bits per heavy atom. The third-order valence-corrected chi connectivity index (χ3v) is 5.83. The molecule has 0 unspecified atom stereocenters. The molecular formula is C19H15BFN3O5S. The van der Waals surface area contributed by atoms with Gasteiger partial charge in [0, 0.05) is 11.9 Å². The molecule has 0 bridgehead atoms. The number of nitrogens with zero attached hydrogens (tertiary/aromatic N) is 1. The molecule has 30 heavy (non-hydrogen) atoms. The van der Waals surface area contributed by atoms with Crippen molar-refractivity contribution in [3.05, 3.63) is 77.7 Å². The molecule has 11 heteroatoms. The SMILES string of the molecule is O=C(Nc1ccc(S(=O)(=O)Nc2ccccn2)cc1)c1cc2c(cc1F)COB2O. The summed E-state index contributed by atoms with van der Waals surface area (Å²) in [5, 5.41) is 12.2. The molecule has 0 radical (unpaired) electrons. The standard InChI is InChI=1S/C19H15BFN3O5S/c21-17-9-12-11-29-20(26)16(12)10-15(17)19(25)23-13-4-6-14(7-5-13)30(27,28)24-18-3-1-2-8-22-18/h1-10,26H,11H2,(H,22,24)(H,23,25). The number of hydrogen-bond acceptors (Lipinski definition) is 6. The number of hydrogen-bond donors (Lipinski definition) is 3. The second-order valence-electron chi connectivity index (χ2n) is 6.49. The molecule has 3 aromatic rings. The molecular weight excluding hydrogens is 412 g/mol. The average Bonchev–Trinajstić information content (AvgIpc) is 3.08. The Labute approximate surface area is 171 Å². The van der Waals surface area contributed by atoms with Crippen LogP contribution in [-0.2, 0) is 21.3 Å². The topological polar surface area (TPSA) is 118 Å². The molecule has 3 N–H and O–H groups in total. The molecule has 2 heterocycles. The van der Waals surface area contributed by atoms with Gasteiger partial charge in [0.25, 0.3) is 15.9 Å². The quantitative estimate of drug-likeness (QED) is 0.532. The van der Waals surface area contributed by atoms with E-state index >= 15 is 0 Å². The van der Waals surface area contributed by atoms with Gasteiger partial charge in [-0.05, 0) is 59.6 Å². The number of fused-ring (bicyclic) bond motifs is 1. The molecule has 0 atom stereocenters. The second kappa shape index (κ2) is 7.86. The van der Waals surface area contributed by atoms with Gasteiger partial charge < -0.3 is 15.0 Å². The molecule has 1 aliphatic heterocycles. The van der Waals surface area contributed by atoms with Crippen LogP contribution in [0.5, 0.6) is 0 Å². The van der Waals surface area contributed by atoms with Gasteiger partial charge in [-0.25, -0.2) is 17.8 Å². The van der Waals surface area contributed by atoms with E-state index in [9.17, 15) is 22.6 Å². The first-order chi connectivity index (χ1) is 14.3.